The van der Waals surface area contributed by atoms with Crippen LogP contribution in [0, 0.1) is 6.92 Å². The maximum Gasteiger partial charge on any atom is 0.410 e. The summed E-state index contributed by atoms with van der Waals surface area (Å²) in [4.78, 5) is 14.0. The molecule has 2 aliphatic rings. The first kappa shape index (κ1) is 16.3. The fourth-order valence-electron chi connectivity index (χ4n) is 3.53. The maximum absolute atomic E-state index is 12.2. The molecule has 23 heavy (non-hydrogen) atoms. The van der Waals surface area contributed by atoms with Crippen molar-refractivity contribution in [1.82, 2.24) is 14.7 Å². The van der Waals surface area contributed by atoms with Gasteiger partial charge < -0.3 is 14.4 Å². The number of hydrogen-bond acceptors (Lipinski definition) is 4. The van der Waals surface area contributed by atoms with E-state index in [2.05, 4.69) is 23.6 Å². The molecule has 128 valence electrons. The molecule has 1 saturated heterocycles. The van der Waals surface area contributed by atoms with E-state index >= 15 is 0 Å². The Balaban J connectivity index is 1.75. The number of aryl methyl sites for hydroxylation is 1. The van der Waals surface area contributed by atoms with Crippen LogP contribution in [0.2, 0.25) is 0 Å². The Morgan fingerprint density at radius 1 is 1.39 bits per heavy atom. The van der Waals surface area contributed by atoms with Gasteiger partial charge in [-0.05, 0) is 53.0 Å². The highest BCUT2D eigenvalue weighted by atomic mass is 16.6. The summed E-state index contributed by atoms with van der Waals surface area (Å²) in [7, 11) is 0. The van der Waals surface area contributed by atoms with Gasteiger partial charge in [-0.25, -0.2) is 4.79 Å². The summed E-state index contributed by atoms with van der Waals surface area (Å²) in [6.07, 6.45) is 3.25. The van der Waals surface area contributed by atoms with E-state index in [1.807, 2.05) is 27.0 Å². The zero-order valence-corrected chi connectivity index (χ0v) is 14.8. The van der Waals surface area contributed by atoms with Gasteiger partial charge in [0.25, 0.3) is 0 Å². The fraction of sp³-hybridized carbons (Fsp3) is 0.765. The number of carbonyl (C=O) groups excluding carboxylic acids is 1. The van der Waals surface area contributed by atoms with Gasteiger partial charge in [-0.1, -0.05) is 0 Å². The van der Waals surface area contributed by atoms with Crippen molar-refractivity contribution in [3.63, 3.8) is 0 Å². The predicted molar refractivity (Wildman–Crippen MR) is 86.3 cm³/mol. The summed E-state index contributed by atoms with van der Waals surface area (Å²) in [5, 5.41) is 4.52. The van der Waals surface area contributed by atoms with Crippen molar-refractivity contribution in [1.29, 1.82) is 0 Å². The highest BCUT2D eigenvalue weighted by Gasteiger charge is 2.45. The molecule has 1 amide bonds. The van der Waals surface area contributed by atoms with Crippen LogP contribution < -0.4 is 0 Å². The standard InChI is InChI=1S/C17H27N3O3/c1-12-10-18-20-13(2)11-22-17(14(12)20)6-8-19(9-7-17)15(21)23-16(3,4)5/h10,13H,6-9,11H2,1-5H3. The van der Waals surface area contributed by atoms with E-state index in [0.717, 1.165) is 12.8 Å². The molecule has 0 aliphatic carbocycles. The summed E-state index contributed by atoms with van der Waals surface area (Å²) >= 11 is 0. The van der Waals surface area contributed by atoms with Crippen LogP contribution in [0.25, 0.3) is 0 Å². The molecule has 1 aromatic heterocycles. The number of ether oxygens (including phenoxy) is 2. The largest absolute Gasteiger partial charge is 0.444 e. The summed E-state index contributed by atoms with van der Waals surface area (Å²) in [5.74, 6) is 0. The molecule has 0 N–H and O–H groups in total. The molecule has 1 aromatic rings. The Bertz CT molecular complexity index is 595. The summed E-state index contributed by atoms with van der Waals surface area (Å²) in [6.45, 7) is 11.8. The van der Waals surface area contributed by atoms with E-state index in [9.17, 15) is 4.79 Å². The lowest BCUT2D eigenvalue weighted by Gasteiger charge is -2.45. The molecule has 1 atom stereocenters. The van der Waals surface area contributed by atoms with Gasteiger partial charge in [-0.2, -0.15) is 5.10 Å². The summed E-state index contributed by atoms with van der Waals surface area (Å²) in [5.41, 5.74) is 1.58. The van der Waals surface area contributed by atoms with E-state index in [0.29, 0.717) is 19.7 Å². The van der Waals surface area contributed by atoms with Crippen LogP contribution in [0.5, 0.6) is 0 Å². The summed E-state index contributed by atoms with van der Waals surface area (Å²) in [6, 6.07) is 0.258. The van der Waals surface area contributed by atoms with Gasteiger partial charge in [0.1, 0.15) is 11.2 Å². The van der Waals surface area contributed by atoms with Gasteiger partial charge >= 0.3 is 6.09 Å². The molecule has 0 saturated carbocycles. The van der Waals surface area contributed by atoms with Gasteiger partial charge in [0, 0.05) is 13.1 Å². The van der Waals surface area contributed by atoms with Crippen LogP contribution in [0.4, 0.5) is 4.79 Å². The molecule has 6 heteroatoms. The quantitative estimate of drug-likeness (QED) is 0.737. The minimum atomic E-state index is -0.460. The number of amides is 1. The third-order valence-electron chi connectivity index (χ3n) is 4.65. The Labute approximate surface area is 137 Å². The second-order valence-corrected chi connectivity index (χ2v) is 7.74. The molecule has 3 heterocycles. The number of nitrogens with zero attached hydrogens (tertiary/aromatic N) is 3. The van der Waals surface area contributed by atoms with Crippen molar-refractivity contribution >= 4 is 6.09 Å². The molecule has 1 fully saturated rings. The van der Waals surface area contributed by atoms with E-state index < -0.39 is 5.60 Å². The van der Waals surface area contributed by atoms with Gasteiger partial charge in [0.15, 0.2) is 0 Å². The van der Waals surface area contributed by atoms with Crippen molar-refractivity contribution in [2.75, 3.05) is 19.7 Å². The Hall–Kier alpha value is -1.56. The van der Waals surface area contributed by atoms with E-state index in [4.69, 9.17) is 9.47 Å². The van der Waals surface area contributed by atoms with Crippen LogP contribution in [0.1, 0.15) is 57.8 Å². The lowest BCUT2D eigenvalue weighted by molar-refractivity contribution is -0.123. The topological polar surface area (TPSA) is 56.6 Å². The summed E-state index contributed by atoms with van der Waals surface area (Å²) < 4.78 is 13.8. The van der Waals surface area contributed by atoms with Crippen molar-refractivity contribution in [2.24, 2.45) is 0 Å². The van der Waals surface area contributed by atoms with Crippen LogP contribution in [-0.4, -0.2) is 46.1 Å². The van der Waals surface area contributed by atoms with Crippen LogP contribution in [-0.2, 0) is 15.1 Å². The average Bonchev–Trinajstić information content (AvgIpc) is 2.86. The molecule has 0 radical (unpaired) electrons. The van der Waals surface area contributed by atoms with Crippen LogP contribution >= 0.6 is 0 Å². The smallest absolute Gasteiger partial charge is 0.410 e. The van der Waals surface area contributed by atoms with Gasteiger partial charge in [-0.3, -0.25) is 4.68 Å². The minimum absolute atomic E-state index is 0.234. The van der Waals surface area contributed by atoms with Gasteiger partial charge in [-0.15, -0.1) is 0 Å². The molecule has 2 aliphatic heterocycles. The molecule has 6 nitrogen and oxygen atoms in total. The second-order valence-electron chi connectivity index (χ2n) is 7.74. The third kappa shape index (κ3) is 2.96. The number of fused-ring (bicyclic) bond motifs is 2. The first-order chi connectivity index (χ1) is 10.7. The molecular weight excluding hydrogens is 294 g/mol. The Kier molecular flexibility index (Phi) is 3.91. The van der Waals surface area contributed by atoms with Gasteiger partial charge in [0.05, 0.1) is 24.5 Å². The second kappa shape index (κ2) is 5.51. The van der Waals surface area contributed by atoms with Crippen molar-refractivity contribution < 1.29 is 14.3 Å². The van der Waals surface area contributed by atoms with E-state index in [1.54, 1.807) is 4.90 Å². The van der Waals surface area contributed by atoms with E-state index in [-0.39, 0.29) is 17.7 Å². The molecule has 1 unspecified atom stereocenters. The monoisotopic (exact) mass is 321 g/mol. The Morgan fingerprint density at radius 3 is 2.65 bits per heavy atom. The zero-order chi connectivity index (χ0) is 16.8. The lowest BCUT2D eigenvalue weighted by Crippen LogP contribution is -2.51. The fourth-order valence-corrected chi connectivity index (χ4v) is 3.53. The lowest BCUT2D eigenvalue weighted by atomic mass is 9.85. The van der Waals surface area contributed by atoms with E-state index in [1.165, 1.54) is 11.3 Å². The SMILES string of the molecule is Cc1cnn2c1C1(CCN(C(=O)OC(C)(C)C)CC1)OCC2C. The predicted octanol–water partition coefficient (Wildman–Crippen LogP) is 3.01. The zero-order valence-electron chi connectivity index (χ0n) is 14.8. The van der Waals surface area contributed by atoms with Crippen molar-refractivity contribution in [3.05, 3.63) is 17.5 Å². The molecule has 1 spiro atoms. The van der Waals surface area contributed by atoms with Crippen molar-refractivity contribution in [3.8, 4) is 0 Å². The number of rotatable bonds is 0. The van der Waals surface area contributed by atoms with Crippen LogP contribution in [0.3, 0.4) is 0 Å². The van der Waals surface area contributed by atoms with Gasteiger partial charge in [0.2, 0.25) is 0 Å². The Morgan fingerprint density at radius 2 is 2.04 bits per heavy atom. The molecule has 3 rings (SSSR count). The number of carbonyl (C=O) groups is 1. The molecular formula is C17H27N3O3. The normalized spacial score (nSPS) is 23.7. The molecule has 0 bridgehead atoms. The average molecular weight is 321 g/mol. The van der Waals surface area contributed by atoms with Crippen molar-refractivity contribution in [2.45, 2.75) is 64.7 Å². The number of aromatic nitrogens is 2. The van der Waals surface area contributed by atoms with Crippen LogP contribution in [0.15, 0.2) is 6.20 Å². The highest BCUT2D eigenvalue weighted by Crippen LogP contribution is 2.42. The number of piperidine rings is 1. The number of hydrogen-bond donors (Lipinski definition) is 0. The minimum Gasteiger partial charge on any atom is -0.444 e. The molecule has 0 aromatic carbocycles. The third-order valence-corrected chi connectivity index (χ3v) is 4.65. The first-order valence-electron chi connectivity index (χ1n) is 8.38. The maximum atomic E-state index is 12.2. The first-order valence-corrected chi connectivity index (χ1v) is 8.38. The highest BCUT2D eigenvalue weighted by molar-refractivity contribution is 5.68. The number of likely N-dealkylation sites (tertiary alicyclic amines) is 1.